The van der Waals surface area contributed by atoms with Crippen LogP contribution < -0.4 is 5.73 Å². The summed E-state index contributed by atoms with van der Waals surface area (Å²) in [6.07, 6.45) is 5.39. The minimum absolute atomic E-state index is 0. The molecule has 72 valence electrons. The van der Waals surface area contributed by atoms with Crippen LogP contribution in [0.5, 0.6) is 0 Å². The predicted molar refractivity (Wildman–Crippen MR) is 57.1 cm³/mol. The van der Waals surface area contributed by atoms with Crippen LogP contribution in [0.2, 0.25) is 0 Å². The molecule has 0 atom stereocenters. The van der Waals surface area contributed by atoms with Gasteiger partial charge in [-0.05, 0) is 13.0 Å². The van der Waals surface area contributed by atoms with E-state index in [2.05, 4.69) is 29.2 Å². The molecule has 0 aromatic heterocycles. The fraction of sp³-hybridized carbons (Fsp3) is 0.750. The zero-order chi connectivity index (χ0) is 8.10. The van der Waals surface area contributed by atoms with Gasteiger partial charge in [0.15, 0.2) is 0 Å². The van der Waals surface area contributed by atoms with Crippen molar-refractivity contribution in [3.05, 3.63) is 12.3 Å². The first-order valence-electron chi connectivity index (χ1n) is 4.26. The van der Waals surface area contributed by atoms with E-state index in [0.29, 0.717) is 0 Å². The second kappa shape index (κ2) is 6.46. The molecule has 0 saturated heterocycles. The van der Waals surface area contributed by atoms with Crippen LogP contribution in [-0.4, -0.2) is 36.2 Å². The van der Waals surface area contributed by atoms with Crippen LogP contribution in [0.1, 0.15) is 13.3 Å². The molecular weight excluding hydrogens is 218 g/mol. The summed E-state index contributed by atoms with van der Waals surface area (Å²) >= 11 is 0. The molecule has 0 saturated carbocycles. The Morgan fingerprint density at radius 1 is 1.50 bits per heavy atom. The number of nitrogens with two attached hydrogens (primary N) is 1. The van der Waals surface area contributed by atoms with Crippen LogP contribution >= 0.6 is 17.0 Å². The van der Waals surface area contributed by atoms with Crippen LogP contribution in [0.25, 0.3) is 0 Å². The van der Waals surface area contributed by atoms with Crippen molar-refractivity contribution in [2.45, 2.75) is 13.3 Å². The molecule has 0 amide bonds. The van der Waals surface area contributed by atoms with Gasteiger partial charge in [-0.3, -0.25) is 0 Å². The molecule has 0 spiro atoms. The largest absolute Gasteiger partial charge is 0.330 e. The number of hydrogen-bond acceptors (Lipinski definition) is 3. The van der Waals surface area contributed by atoms with Gasteiger partial charge in [0.1, 0.15) is 0 Å². The standard InChI is InChI=1S/C8H17N3.BrH/c1-2-10-7-4-8-11(10)6-3-5-9;/h4,8H,2-3,5-7,9H2,1H3;1H. The Hall–Kier alpha value is -0.0600. The van der Waals surface area contributed by atoms with Crippen molar-refractivity contribution in [3.63, 3.8) is 0 Å². The Bertz CT molecular complexity index is 138. The molecule has 4 heteroatoms. The second-order valence-electron chi connectivity index (χ2n) is 2.70. The normalized spacial score (nSPS) is 16.7. The molecule has 0 radical (unpaired) electrons. The predicted octanol–water partition coefficient (Wildman–Crippen LogP) is 0.979. The van der Waals surface area contributed by atoms with E-state index in [1.807, 2.05) is 0 Å². The molecule has 12 heavy (non-hydrogen) atoms. The number of halogens is 1. The lowest BCUT2D eigenvalue weighted by molar-refractivity contribution is 0.0578. The molecule has 1 rings (SSSR count). The Morgan fingerprint density at radius 2 is 2.25 bits per heavy atom. The van der Waals surface area contributed by atoms with Crippen molar-refractivity contribution in [1.29, 1.82) is 0 Å². The van der Waals surface area contributed by atoms with Crippen molar-refractivity contribution >= 4 is 17.0 Å². The van der Waals surface area contributed by atoms with Gasteiger partial charge in [0.25, 0.3) is 0 Å². The number of likely N-dealkylation sites (N-methyl/N-ethyl adjacent to an activating group) is 1. The minimum Gasteiger partial charge on any atom is -0.330 e. The van der Waals surface area contributed by atoms with E-state index >= 15 is 0 Å². The highest BCUT2D eigenvalue weighted by molar-refractivity contribution is 8.93. The maximum Gasteiger partial charge on any atom is 0.0378 e. The van der Waals surface area contributed by atoms with E-state index in [9.17, 15) is 0 Å². The van der Waals surface area contributed by atoms with Crippen LogP contribution in [0, 0.1) is 0 Å². The first-order valence-corrected chi connectivity index (χ1v) is 4.26. The van der Waals surface area contributed by atoms with Crippen LogP contribution in [0.3, 0.4) is 0 Å². The third kappa shape index (κ3) is 3.13. The minimum atomic E-state index is 0. The van der Waals surface area contributed by atoms with E-state index in [1.165, 1.54) is 0 Å². The lowest BCUT2D eigenvalue weighted by Crippen LogP contribution is -2.36. The van der Waals surface area contributed by atoms with E-state index in [0.717, 1.165) is 32.6 Å². The zero-order valence-corrected chi connectivity index (χ0v) is 9.28. The summed E-state index contributed by atoms with van der Waals surface area (Å²) in [5.74, 6) is 0. The van der Waals surface area contributed by atoms with Crippen molar-refractivity contribution in [3.8, 4) is 0 Å². The lowest BCUT2D eigenvalue weighted by atomic mass is 10.4. The highest BCUT2D eigenvalue weighted by Crippen LogP contribution is 2.06. The van der Waals surface area contributed by atoms with Crippen molar-refractivity contribution < 1.29 is 0 Å². The van der Waals surface area contributed by atoms with E-state index in [4.69, 9.17) is 5.73 Å². The van der Waals surface area contributed by atoms with Crippen molar-refractivity contribution in [2.75, 3.05) is 26.2 Å². The van der Waals surface area contributed by atoms with Gasteiger partial charge in [-0.2, -0.15) is 0 Å². The third-order valence-corrected chi connectivity index (χ3v) is 1.91. The zero-order valence-electron chi connectivity index (χ0n) is 7.57. The fourth-order valence-corrected chi connectivity index (χ4v) is 1.27. The molecule has 0 aliphatic carbocycles. The Morgan fingerprint density at radius 3 is 2.83 bits per heavy atom. The first kappa shape index (κ1) is 11.9. The summed E-state index contributed by atoms with van der Waals surface area (Å²) in [4.78, 5) is 0. The number of hydrazine groups is 1. The molecule has 0 aromatic carbocycles. The molecule has 3 nitrogen and oxygen atoms in total. The molecule has 1 heterocycles. The van der Waals surface area contributed by atoms with Crippen LogP contribution in [0.15, 0.2) is 12.3 Å². The van der Waals surface area contributed by atoms with Crippen LogP contribution in [-0.2, 0) is 0 Å². The monoisotopic (exact) mass is 235 g/mol. The van der Waals surface area contributed by atoms with Crippen LogP contribution in [0.4, 0.5) is 0 Å². The lowest BCUT2D eigenvalue weighted by Gasteiger charge is -2.27. The molecular formula is C8H18BrN3. The Labute approximate surface area is 84.9 Å². The number of rotatable bonds is 4. The fourth-order valence-electron chi connectivity index (χ4n) is 1.27. The third-order valence-electron chi connectivity index (χ3n) is 1.91. The summed E-state index contributed by atoms with van der Waals surface area (Å²) in [5.41, 5.74) is 5.42. The summed E-state index contributed by atoms with van der Waals surface area (Å²) < 4.78 is 0. The van der Waals surface area contributed by atoms with Gasteiger partial charge >= 0.3 is 0 Å². The van der Waals surface area contributed by atoms with Crippen molar-refractivity contribution in [1.82, 2.24) is 10.0 Å². The quantitative estimate of drug-likeness (QED) is 0.789. The molecule has 1 aliphatic heterocycles. The molecule has 1 aliphatic rings. The highest BCUT2D eigenvalue weighted by atomic mass is 79.9. The van der Waals surface area contributed by atoms with Gasteiger partial charge in [-0.1, -0.05) is 13.0 Å². The van der Waals surface area contributed by atoms with Gasteiger partial charge < -0.3 is 10.7 Å². The number of hydrogen-bond donors (Lipinski definition) is 1. The van der Waals surface area contributed by atoms with E-state index < -0.39 is 0 Å². The van der Waals surface area contributed by atoms with E-state index in [1.54, 1.807) is 0 Å². The topological polar surface area (TPSA) is 32.5 Å². The highest BCUT2D eigenvalue weighted by Gasteiger charge is 2.11. The number of nitrogens with zero attached hydrogens (tertiary/aromatic N) is 2. The van der Waals surface area contributed by atoms with Gasteiger partial charge in [-0.15, -0.1) is 17.0 Å². The molecule has 0 aromatic rings. The molecule has 0 fully saturated rings. The average Bonchev–Trinajstić information content (AvgIpc) is 2.47. The van der Waals surface area contributed by atoms with Gasteiger partial charge in [0.2, 0.25) is 0 Å². The Balaban J connectivity index is 0.00000121. The second-order valence-corrected chi connectivity index (χ2v) is 2.70. The summed E-state index contributed by atoms with van der Waals surface area (Å²) in [7, 11) is 0. The smallest absolute Gasteiger partial charge is 0.0378 e. The van der Waals surface area contributed by atoms with Gasteiger partial charge in [-0.25, -0.2) is 5.01 Å². The summed E-state index contributed by atoms with van der Waals surface area (Å²) in [6, 6.07) is 0. The molecule has 0 unspecified atom stereocenters. The average molecular weight is 236 g/mol. The van der Waals surface area contributed by atoms with Gasteiger partial charge in [0.05, 0.1) is 0 Å². The Kier molecular flexibility index (Phi) is 6.42. The maximum absolute atomic E-state index is 5.42. The SMILES string of the molecule is Br.CCN1CC=CN1CCCN. The van der Waals surface area contributed by atoms with Gasteiger partial charge in [0, 0.05) is 25.8 Å². The maximum atomic E-state index is 5.42. The summed E-state index contributed by atoms with van der Waals surface area (Å²) in [6.45, 7) is 6.14. The molecule has 2 N–H and O–H groups in total. The van der Waals surface area contributed by atoms with E-state index in [-0.39, 0.29) is 17.0 Å². The van der Waals surface area contributed by atoms with Crippen molar-refractivity contribution in [2.24, 2.45) is 5.73 Å². The summed E-state index contributed by atoms with van der Waals surface area (Å²) in [5, 5.41) is 4.54. The molecule has 0 bridgehead atoms. The first-order chi connectivity index (χ1) is 5.38.